The average molecular weight is 259 g/mol. The summed E-state index contributed by atoms with van der Waals surface area (Å²) in [5.41, 5.74) is 3.77. The van der Waals surface area contributed by atoms with Crippen molar-refractivity contribution in [2.24, 2.45) is 0 Å². The van der Waals surface area contributed by atoms with Crippen LogP contribution in [0.2, 0.25) is 5.02 Å². The van der Waals surface area contributed by atoms with Gasteiger partial charge >= 0.3 is 0 Å². The predicted molar refractivity (Wildman–Crippen MR) is 70.8 cm³/mol. The molecule has 18 heavy (non-hydrogen) atoms. The third-order valence-corrected chi connectivity index (χ3v) is 3.21. The number of rotatable bonds is 1. The van der Waals surface area contributed by atoms with Crippen molar-refractivity contribution in [3.63, 3.8) is 0 Å². The first kappa shape index (κ1) is 11.2. The molecule has 0 radical (unpaired) electrons. The first-order valence-corrected chi connectivity index (χ1v) is 6.08. The quantitative estimate of drug-likeness (QED) is 0.786. The third kappa shape index (κ3) is 1.87. The minimum absolute atomic E-state index is 0.0750. The lowest BCUT2D eigenvalue weighted by Crippen LogP contribution is -2.17. The van der Waals surface area contributed by atoms with Gasteiger partial charge in [0.25, 0.3) is 5.91 Å². The van der Waals surface area contributed by atoms with Crippen molar-refractivity contribution in [2.45, 2.75) is 13.3 Å². The second-order valence-electron chi connectivity index (χ2n) is 4.45. The van der Waals surface area contributed by atoms with Gasteiger partial charge in [0.2, 0.25) is 0 Å². The van der Waals surface area contributed by atoms with Gasteiger partial charge in [-0.25, -0.2) is 4.68 Å². The molecule has 1 aliphatic rings. The first-order chi connectivity index (χ1) is 8.63. The second kappa shape index (κ2) is 4.10. The van der Waals surface area contributed by atoms with Gasteiger partial charge in [-0.15, -0.1) is 0 Å². The van der Waals surface area contributed by atoms with Gasteiger partial charge < -0.3 is 0 Å². The molecule has 3 rings (SSSR count). The van der Waals surface area contributed by atoms with Crippen LogP contribution in [0.5, 0.6) is 0 Å². The largest absolute Gasteiger partial charge is 0.271 e. The van der Waals surface area contributed by atoms with Crippen molar-refractivity contribution in [3.05, 3.63) is 52.7 Å². The van der Waals surface area contributed by atoms with Crippen LogP contribution in [0.4, 0.5) is 0 Å². The number of carbonyl (C=O) groups excluding carboxylic acids is 1. The highest BCUT2D eigenvalue weighted by Gasteiger charge is 2.18. The second-order valence-corrected chi connectivity index (χ2v) is 4.88. The fourth-order valence-electron chi connectivity index (χ4n) is 2.11. The van der Waals surface area contributed by atoms with Crippen LogP contribution in [0.15, 0.2) is 42.0 Å². The predicted octanol–water partition coefficient (Wildman–Crippen LogP) is 3.35. The number of allylic oxidation sites excluding steroid dienone is 2. The van der Waals surface area contributed by atoms with E-state index in [0.29, 0.717) is 5.02 Å². The third-order valence-electron chi connectivity index (χ3n) is 2.96. The number of halogens is 1. The molecule has 0 bridgehead atoms. The Morgan fingerprint density at radius 2 is 2.00 bits per heavy atom. The van der Waals surface area contributed by atoms with E-state index in [1.165, 1.54) is 4.68 Å². The standard InChI is InChI=1S/C14H11ClN2O/c1-9-6-12-8-13(16-17(12)14(18)7-9)10-2-4-11(15)5-3-10/h2-5,7-8H,6H2,1H3. The number of carbonyl (C=O) groups is 1. The van der Waals surface area contributed by atoms with E-state index < -0.39 is 0 Å². The zero-order valence-corrected chi connectivity index (χ0v) is 10.6. The van der Waals surface area contributed by atoms with E-state index in [-0.39, 0.29) is 5.91 Å². The lowest BCUT2D eigenvalue weighted by Gasteiger charge is -2.09. The Bertz CT molecular complexity index is 653. The van der Waals surface area contributed by atoms with Crippen LogP contribution in [0.3, 0.4) is 0 Å². The Kier molecular flexibility index (Phi) is 2.56. The maximum atomic E-state index is 11.8. The van der Waals surface area contributed by atoms with E-state index in [9.17, 15) is 4.79 Å². The van der Waals surface area contributed by atoms with Crippen LogP contribution in [-0.4, -0.2) is 15.7 Å². The van der Waals surface area contributed by atoms with Crippen molar-refractivity contribution in [1.29, 1.82) is 0 Å². The molecule has 1 aromatic heterocycles. The fraction of sp³-hybridized carbons (Fsp3) is 0.143. The maximum Gasteiger partial charge on any atom is 0.271 e. The Morgan fingerprint density at radius 1 is 1.28 bits per heavy atom. The molecular weight excluding hydrogens is 248 g/mol. The summed E-state index contributed by atoms with van der Waals surface area (Å²) in [6.45, 7) is 1.95. The Hall–Kier alpha value is -1.87. The highest BCUT2D eigenvalue weighted by Crippen LogP contribution is 2.24. The number of nitrogens with zero attached hydrogens (tertiary/aromatic N) is 2. The molecule has 0 aliphatic carbocycles. The summed E-state index contributed by atoms with van der Waals surface area (Å²) < 4.78 is 1.47. The summed E-state index contributed by atoms with van der Waals surface area (Å²) in [4.78, 5) is 11.8. The molecule has 0 unspecified atom stereocenters. The summed E-state index contributed by atoms with van der Waals surface area (Å²) in [6.07, 6.45) is 2.40. The number of fused-ring (bicyclic) bond motifs is 1. The van der Waals surface area contributed by atoms with E-state index in [1.54, 1.807) is 6.08 Å². The monoisotopic (exact) mass is 258 g/mol. The molecule has 0 spiro atoms. The molecule has 2 heterocycles. The van der Waals surface area contributed by atoms with E-state index in [1.807, 2.05) is 37.3 Å². The highest BCUT2D eigenvalue weighted by molar-refractivity contribution is 6.30. The first-order valence-electron chi connectivity index (χ1n) is 5.70. The Labute approximate surface area is 110 Å². The minimum atomic E-state index is -0.0750. The summed E-state index contributed by atoms with van der Waals surface area (Å²) >= 11 is 5.85. The Balaban J connectivity index is 2.04. The molecule has 2 aromatic rings. The normalized spacial score (nSPS) is 14.3. The molecule has 3 nitrogen and oxygen atoms in total. The van der Waals surface area contributed by atoms with Crippen molar-refractivity contribution < 1.29 is 4.79 Å². The molecule has 0 N–H and O–H groups in total. The molecule has 0 atom stereocenters. The van der Waals surface area contributed by atoms with Gasteiger partial charge in [-0.2, -0.15) is 5.10 Å². The molecule has 0 saturated carbocycles. The van der Waals surface area contributed by atoms with E-state index in [2.05, 4.69) is 5.10 Å². The molecule has 90 valence electrons. The van der Waals surface area contributed by atoms with Crippen LogP contribution in [-0.2, 0) is 6.42 Å². The van der Waals surface area contributed by atoms with E-state index >= 15 is 0 Å². The SMILES string of the molecule is CC1=CC(=O)n2nc(-c3ccc(Cl)cc3)cc2C1. The van der Waals surface area contributed by atoms with Gasteiger partial charge in [0.15, 0.2) is 0 Å². The molecule has 4 heteroatoms. The van der Waals surface area contributed by atoms with Gasteiger partial charge in [0.05, 0.1) is 11.4 Å². The number of hydrogen-bond acceptors (Lipinski definition) is 2. The van der Waals surface area contributed by atoms with Crippen molar-refractivity contribution in [1.82, 2.24) is 9.78 Å². The van der Waals surface area contributed by atoms with E-state index in [0.717, 1.165) is 28.9 Å². The average Bonchev–Trinajstić information content (AvgIpc) is 2.74. The molecule has 0 saturated heterocycles. The fourth-order valence-corrected chi connectivity index (χ4v) is 2.23. The van der Waals surface area contributed by atoms with Crippen LogP contribution in [0.25, 0.3) is 11.3 Å². The number of hydrogen-bond donors (Lipinski definition) is 0. The molecule has 1 aromatic carbocycles. The minimum Gasteiger partial charge on any atom is -0.267 e. The molecule has 1 aliphatic heterocycles. The molecule has 0 fully saturated rings. The van der Waals surface area contributed by atoms with Gasteiger partial charge in [-0.05, 0) is 25.1 Å². The van der Waals surface area contributed by atoms with Crippen molar-refractivity contribution in [3.8, 4) is 11.3 Å². The van der Waals surface area contributed by atoms with Crippen LogP contribution < -0.4 is 0 Å². The number of aromatic nitrogens is 2. The van der Waals surface area contributed by atoms with Crippen LogP contribution in [0.1, 0.15) is 17.4 Å². The topological polar surface area (TPSA) is 34.9 Å². The van der Waals surface area contributed by atoms with E-state index in [4.69, 9.17) is 11.6 Å². The smallest absolute Gasteiger partial charge is 0.267 e. The lowest BCUT2D eigenvalue weighted by atomic mass is 10.1. The van der Waals surface area contributed by atoms with Crippen LogP contribution >= 0.6 is 11.6 Å². The van der Waals surface area contributed by atoms with Gasteiger partial charge in [0.1, 0.15) is 0 Å². The molecular formula is C14H11ClN2O. The lowest BCUT2D eigenvalue weighted by molar-refractivity contribution is 0.0946. The maximum absolute atomic E-state index is 11.8. The zero-order valence-electron chi connectivity index (χ0n) is 9.85. The van der Waals surface area contributed by atoms with Crippen molar-refractivity contribution in [2.75, 3.05) is 0 Å². The van der Waals surface area contributed by atoms with Crippen molar-refractivity contribution >= 4 is 17.5 Å². The van der Waals surface area contributed by atoms with Crippen LogP contribution in [0, 0.1) is 0 Å². The summed E-state index contributed by atoms with van der Waals surface area (Å²) in [5, 5.41) is 5.04. The summed E-state index contributed by atoms with van der Waals surface area (Å²) in [7, 11) is 0. The summed E-state index contributed by atoms with van der Waals surface area (Å²) in [6, 6.07) is 9.40. The molecule has 0 amide bonds. The van der Waals surface area contributed by atoms with Gasteiger partial charge in [-0.1, -0.05) is 29.3 Å². The van der Waals surface area contributed by atoms with Gasteiger partial charge in [0, 0.05) is 23.1 Å². The number of benzene rings is 1. The van der Waals surface area contributed by atoms with Gasteiger partial charge in [-0.3, -0.25) is 4.79 Å². The summed E-state index contributed by atoms with van der Waals surface area (Å²) in [5.74, 6) is -0.0750. The highest BCUT2D eigenvalue weighted by atomic mass is 35.5. The Morgan fingerprint density at radius 3 is 2.72 bits per heavy atom. The zero-order chi connectivity index (χ0) is 12.7.